The Morgan fingerprint density at radius 3 is 1.57 bits per heavy atom. The Morgan fingerprint density at radius 2 is 1.10 bits per heavy atom. The van der Waals surface area contributed by atoms with E-state index in [1.807, 2.05) is 25.7 Å². The van der Waals surface area contributed by atoms with E-state index in [0.717, 1.165) is 0 Å². The number of amides is 1. The van der Waals surface area contributed by atoms with E-state index >= 15 is 0 Å². The third-order valence-electron chi connectivity index (χ3n) is 5.13. The molecule has 0 bridgehead atoms. The summed E-state index contributed by atoms with van der Waals surface area (Å²) < 4.78 is 16.4. The predicted molar refractivity (Wildman–Crippen MR) is 153 cm³/mol. The van der Waals surface area contributed by atoms with E-state index in [1.54, 1.807) is 51.3 Å². The summed E-state index contributed by atoms with van der Waals surface area (Å²) in [6.45, 7) is 18.3. The fraction of sp³-hybridized carbons (Fsp3) is 0.857. The monoisotopic (exact) mass is 574 g/mol. The zero-order valence-electron chi connectivity index (χ0n) is 26.2. The van der Waals surface area contributed by atoms with Crippen LogP contribution in [0.4, 0.5) is 4.79 Å². The van der Waals surface area contributed by atoms with Crippen LogP contribution in [0.5, 0.6) is 0 Å². The molecule has 40 heavy (non-hydrogen) atoms. The number of unbranched alkanes of at least 4 members (excludes halogenated alkanes) is 1. The molecule has 1 amide bonds. The first-order valence-electron chi connectivity index (χ1n) is 14.0. The normalized spacial score (nSPS) is 12.4. The van der Waals surface area contributed by atoms with Gasteiger partial charge in [0, 0.05) is 52.2 Å². The van der Waals surface area contributed by atoms with Crippen molar-refractivity contribution in [3.05, 3.63) is 0 Å². The van der Waals surface area contributed by atoms with Crippen molar-refractivity contribution in [3.8, 4) is 0 Å². The van der Waals surface area contributed by atoms with Crippen LogP contribution in [-0.2, 0) is 28.6 Å². The number of esters is 2. The highest BCUT2D eigenvalue weighted by Gasteiger charge is 2.25. The standard InChI is InChI=1S/C28H54N4O8/c1-26(2,3)38-23(35)12-10-11-14-32(25(37)40-28(7,8)9)19-18-31(21-24(36)39-27(4,5)6)17-16-30(15-13-29)20-22(33)34/h10-21,29H2,1-9H3,(H,33,34). The second kappa shape index (κ2) is 17.4. The number of carboxylic acids is 1. The molecule has 0 aliphatic heterocycles. The van der Waals surface area contributed by atoms with Crippen molar-refractivity contribution in [1.29, 1.82) is 0 Å². The number of nitrogens with two attached hydrogens (primary N) is 1. The van der Waals surface area contributed by atoms with Gasteiger partial charge in [-0.3, -0.25) is 24.2 Å². The van der Waals surface area contributed by atoms with Gasteiger partial charge in [0.25, 0.3) is 0 Å². The van der Waals surface area contributed by atoms with Crippen LogP contribution >= 0.6 is 0 Å². The molecule has 234 valence electrons. The zero-order valence-corrected chi connectivity index (χ0v) is 26.2. The summed E-state index contributed by atoms with van der Waals surface area (Å²) in [7, 11) is 0. The summed E-state index contributed by atoms with van der Waals surface area (Å²) in [5.74, 6) is -1.67. The van der Waals surface area contributed by atoms with Crippen LogP contribution in [0.25, 0.3) is 0 Å². The summed E-state index contributed by atoms with van der Waals surface area (Å²) in [6, 6.07) is 0. The molecule has 0 aromatic rings. The smallest absolute Gasteiger partial charge is 0.410 e. The molecule has 0 radical (unpaired) electrons. The lowest BCUT2D eigenvalue weighted by atomic mass is 10.2. The number of ether oxygens (including phenoxy) is 3. The Hall–Kier alpha value is -2.44. The molecule has 0 aromatic heterocycles. The Kier molecular flexibility index (Phi) is 16.3. The Labute approximate surface area is 240 Å². The Bertz CT molecular complexity index is 800. The van der Waals surface area contributed by atoms with Gasteiger partial charge in [0.15, 0.2) is 0 Å². The van der Waals surface area contributed by atoms with E-state index in [-0.39, 0.29) is 32.0 Å². The SMILES string of the molecule is CC(C)(C)OC(=O)CCCCN(CCN(CCN(CCN)CC(=O)O)CC(=O)OC(C)(C)C)C(=O)OC(C)(C)C. The van der Waals surface area contributed by atoms with Crippen molar-refractivity contribution in [2.24, 2.45) is 5.73 Å². The largest absolute Gasteiger partial charge is 0.480 e. The Morgan fingerprint density at radius 1 is 0.625 bits per heavy atom. The molecular weight excluding hydrogens is 520 g/mol. The van der Waals surface area contributed by atoms with Gasteiger partial charge in [-0.1, -0.05) is 0 Å². The van der Waals surface area contributed by atoms with Crippen LogP contribution in [0.1, 0.15) is 81.6 Å². The fourth-order valence-electron chi connectivity index (χ4n) is 3.60. The van der Waals surface area contributed by atoms with Gasteiger partial charge in [-0.2, -0.15) is 0 Å². The number of rotatable bonds is 17. The third-order valence-corrected chi connectivity index (χ3v) is 5.13. The van der Waals surface area contributed by atoms with Crippen molar-refractivity contribution in [2.75, 3.05) is 58.9 Å². The molecule has 12 heteroatoms. The molecule has 0 saturated heterocycles. The van der Waals surface area contributed by atoms with Crippen molar-refractivity contribution in [3.63, 3.8) is 0 Å². The molecule has 0 aliphatic carbocycles. The fourth-order valence-corrected chi connectivity index (χ4v) is 3.60. The van der Waals surface area contributed by atoms with Gasteiger partial charge in [0.1, 0.15) is 16.8 Å². The van der Waals surface area contributed by atoms with E-state index < -0.39 is 34.8 Å². The van der Waals surface area contributed by atoms with E-state index in [1.165, 1.54) is 0 Å². The molecule has 0 rings (SSSR count). The lowest BCUT2D eigenvalue weighted by molar-refractivity contribution is -0.156. The number of nitrogens with zero attached hydrogens (tertiary/aromatic N) is 3. The average molecular weight is 575 g/mol. The van der Waals surface area contributed by atoms with E-state index in [4.69, 9.17) is 19.9 Å². The summed E-state index contributed by atoms with van der Waals surface area (Å²) >= 11 is 0. The first-order valence-corrected chi connectivity index (χ1v) is 14.0. The van der Waals surface area contributed by atoms with Gasteiger partial charge in [-0.05, 0) is 75.2 Å². The zero-order chi connectivity index (χ0) is 31.1. The maximum Gasteiger partial charge on any atom is 0.410 e. The van der Waals surface area contributed by atoms with Crippen LogP contribution < -0.4 is 5.73 Å². The topological polar surface area (TPSA) is 152 Å². The van der Waals surface area contributed by atoms with Crippen LogP contribution in [0, 0.1) is 0 Å². The molecule has 0 heterocycles. The van der Waals surface area contributed by atoms with Crippen LogP contribution in [0.2, 0.25) is 0 Å². The summed E-state index contributed by atoms with van der Waals surface area (Å²) in [4.78, 5) is 54.0. The lowest BCUT2D eigenvalue weighted by Gasteiger charge is -2.31. The number of aliphatic carboxylic acids is 1. The molecule has 3 N–H and O–H groups in total. The summed E-state index contributed by atoms with van der Waals surface area (Å²) in [5, 5.41) is 9.21. The average Bonchev–Trinajstić information content (AvgIpc) is 2.72. The molecular formula is C28H54N4O8. The van der Waals surface area contributed by atoms with Crippen LogP contribution in [0.3, 0.4) is 0 Å². The number of hydrogen-bond donors (Lipinski definition) is 2. The van der Waals surface area contributed by atoms with Crippen molar-refractivity contribution in [1.82, 2.24) is 14.7 Å². The highest BCUT2D eigenvalue weighted by atomic mass is 16.6. The highest BCUT2D eigenvalue weighted by Crippen LogP contribution is 2.13. The van der Waals surface area contributed by atoms with Gasteiger partial charge >= 0.3 is 24.0 Å². The summed E-state index contributed by atoms with van der Waals surface area (Å²) in [6.07, 6.45) is 0.856. The van der Waals surface area contributed by atoms with E-state index in [0.29, 0.717) is 52.1 Å². The second-order valence-corrected chi connectivity index (χ2v) is 12.8. The van der Waals surface area contributed by atoms with Gasteiger partial charge in [-0.25, -0.2) is 4.79 Å². The summed E-state index contributed by atoms with van der Waals surface area (Å²) in [5.41, 5.74) is 3.74. The minimum absolute atomic E-state index is 0.0262. The molecule has 0 aromatic carbocycles. The van der Waals surface area contributed by atoms with Crippen LogP contribution in [-0.4, -0.2) is 120 Å². The third kappa shape index (κ3) is 21.4. The van der Waals surface area contributed by atoms with Gasteiger partial charge in [0.05, 0.1) is 13.1 Å². The maximum atomic E-state index is 13.0. The molecule has 0 unspecified atom stereocenters. The molecule has 0 fully saturated rings. The van der Waals surface area contributed by atoms with Gasteiger partial charge in [-0.15, -0.1) is 0 Å². The molecule has 0 atom stereocenters. The maximum absolute atomic E-state index is 13.0. The minimum atomic E-state index is -0.963. The van der Waals surface area contributed by atoms with Gasteiger partial charge in [0.2, 0.25) is 0 Å². The highest BCUT2D eigenvalue weighted by molar-refractivity contribution is 5.72. The Balaban J connectivity index is 5.44. The molecule has 0 spiro atoms. The number of carbonyl (C=O) groups excluding carboxylic acids is 3. The van der Waals surface area contributed by atoms with E-state index in [2.05, 4.69) is 0 Å². The first kappa shape index (κ1) is 37.6. The van der Waals surface area contributed by atoms with Crippen molar-refractivity contribution < 1.29 is 38.5 Å². The predicted octanol–water partition coefficient (Wildman–Crippen LogP) is 2.72. The van der Waals surface area contributed by atoms with E-state index in [9.17, 15) is 24.3 Å². The molecule has 12 nitrogen and oxygen atoms in total. The van der Waals surface area contributed by atoms with Crippen LogP contribution in [0.15, 0.2) is 0 Å². The molecule has 0 aliphatic rings. The lowest BCUT2D eigenvalue weighted by Crippen LogP contribution is -2.46. The van der Waals surface area contributed by atoms with Crippen molar-refractivity contribution >= 4 is 24.0 Å². The molecule has 0 saturated carbocycles. The second-order valence-electron chi connectivity index (χ2n) is 12.8. The quantitative estimate of drug-likeness (QED) is 0.150. The van der Waals surface area contributed by atoms with Crippen molar-refractivity contribution in [2.45, 2.75) is 98.4 Å². The number of hydrogen-bond acceptors (Lipinski definition) is 10. The minimum Gasteiger partial charge on any atom is -0.480 e. The first-order chi connectivity index (χ1) is 18.2. The number of carboxylic acid groups (broad SMARTS) is 1. The van der Waals surface area contributed by atoms with Gasteiger partial charge < -0.3 is 30.0 Å². The number of carbonyl (C=O) groups is 4.